The maximum atomic E-state index is 11.7. The van der Waals surface area contributed by atoms with Crippen LogP contribution in [0.2, 0.25) is 0 Å². The van der Waals surface area contributed by atoms with E-state index in [2.05, 4.69) is 4.99 Å². The molecule has 1 heterocycles. The summed E-state index contributed by atoms with van der Waals surface area (Å²) in [6.45, 7) is 7.94. The Morgan fingerprint density at radius 3 is 2.61 bits per heavy atom. The second-order valence-electron chi connectivity index (χ2n) is 4.88. The molecular weight excluding hydrogens is 226 g/mol. The Bertz CT molecular complexity index is 554. The van der Waals surface area contributed by atoms with Crippen LogP contribution in [0.1, 0.15) is 30.5 Å². The summed E-state index contributed by atoms with van der Waals surface area (Å²) in [6.07, 6.45) is 1.79. The van der Waals surface area contributed by atoms with Gasteiger partial charge in [0.25, 0.3) is 0 Å². The molecule has 0 radical (unpaired) electrons. The molecule has 0 saturated heterocycles. The summed E-state index contributed by atoms with van der Waals surface area (Å²) in [4.78, 5) is 15.9. The first kappa shape index (κ1) is 12.6. The average molecular weight is 243 g/mol. The minimum absolute atomic E-state index is 0.124. The first-order valence-corrected chi connectivity index (χ1v) is 6.07. The summed E-state index contributed by atoms with van der Waals surface area (Å²) in [5.74, 6) is 0.259. The van der Waals surface area contributed by atoms with E-state index in [0.29, 0.717) is 11.6 Å². The van der Waals surface area contributed by atoms with E-state index in [1.54, 1.807) is 6.08 Å². The number of hydrogen-bond donors (Lipinski definition) is 0. The summed E-state index contributed by atoms with van der Waals surface area (Å²) in [6, 6.07) is 6.13. The molecule has 3 nitrogen and oxygen atoms in total. The van der Waals surface area contributed by atoms with Gasteiger partial charge in [-0.2, -0.15) is 0 Å². The van der Waals surface area contributed by atoms with Crippen molar-refractivity contribution in [2.75, 3.05) is 0 Å². The fraction of sp³-hybridized carbons (Fsp3) is 0.333. The molecule has 0 atom stereocenters. The van der Waals surface area contributed by atoms with Crippen LogP contribution in [-0.2, 0) is 9.53 Å². The largest absolute Gasteiger partial charge is 0.407 e. The van der Waals surface area contributed by atoms with Crippen molar-refractivity contribution in [1.29, 1.82) is 0 Å². The van der Waals surface area contributed by atoms with Gasteiger partial charge in [-0.1, -0.05) is 37.6 Å². The van der Waals surface area contributed by atoms with Gasteiger partial charge >= 0.3 is 5.97 Å². The lowest BCUT2D eigenvalue weighted by molar-refractivity contribution is -0.130. The van der Waals surface area contributed by atoms with E-state index >= 15 is 0 Å². The van der Waals surface area contributed by atoms with Crippen LogP contribution >= 0.6 is 0 Å². The fourth-order valence-electron chi connectivity index (χ4n) is 1.74. The lowest BCUT2D eigenvalue weighted by Gasteiger charge is -2.01. The van der Waals surface area contributed by atoms with Gasteiger partial charge in [0.15, 0.2) is 5.70 Å². The van der Waals surface area contributed by atoms with E-state index in [1.807, 2.05) is 45.9 Å². The molecule has 2 rings (SSSR count). The van der Waals surface area contributed by atoms with Crippen molar-refractivity contribution in [3.63, 3.8) is 0 Å². The lowest BCUT2D eigenvalue weighted by atomic mass is 10.0. The van der Waals surface area contributed by atoms with Crippen molar-refractivity contribution in [2.45, 2.75) is 27.7 Å². The molecule has 3 heteroatoms. The first-order valence-electron chi connectivity index (χ1n) is 6.07. The van der Waals surface area contributed by atoms with Gasteiger partial charge in [-0.05, 0) is 31.1 Å². The third-order valence-electron chi connectivity index (χ3n) is 2.86. The smallest absolute Gasteiger partial charge is 0.363 e. The molecule has 0 aromatic heterocycles. The summed E-state index contributed by atoms with van der Waals surface area (Å²) in [7, 11) is 0. The number of hydrogen-bond acceptors (Lipinski definition) is 3. The molecule has 0 saturated carbocycles. The van der Waals surface area contributed by atoms with Crippen LogP contribution in [0.5, 0.6) is 0 Å². The Hall–Kier alpha value is -1.90. The second-order valence-corrected chi connectivity index (χ2v) is 4.88. The molecule has 0 fully saturated rings. The number of rotatable bonds is 2. The van der Waals surface area contributed by atoms with Crippen LogP contribution in [0.15, 0.2) is 28.9 Å². The van der Waals surface area contributed by atoms with Gasteiger partial charge in [0, 0.05) is 5.92 Å². The number of benzene rings is 1. The molecule has 94 valence electrons. The Kier molecular flexibility index (Phi) is 3.32. The highest BCUT2D eigenvalue weighted by molar-refractivity contribution is 6.07. The molecule has 18 heavy (non-hydrogen) atoms. The molecule has 0 spiro atoms. The van der Waals surface area contributed by atoms with Crippen LogP contribution in [-0.4, -0.2) is 11.9 Å². The number of aliphatic imine (C=N–C) groups is 1. The van der Waals surface area contributed by atoms with Crippen molar-refractivity contribution >= 4 is 17.9 Å². The van der Waals surface area contributed by atoms with Crippen molar-refractivity contribution in [3.8, 4) is 0 Å². The number of carbonyl (C=O) groups is 1. The molecular formula is C15H17NO2. The van der Waals surface area contributed by atoms with Crippen molar-refractivity contribution in [1.82, 2.24) is 0 Å². The number of nitrogens with zero attached hydrogens (tertiary/aromatic N) is 1. The molecule has 1 aromatic carbocycles. The number of ether oxygens (including phenoxy) is 1. The Morgan fingerprint density at radius 2 is 2.00 bits per heavy atom. The number of cyclic esters (lactones) is 1. The van der Waals surface area contributed by atoms with Crippen LogP contribution in [0, 0.1) is 19.8 Å². The third kappa shape index (κ3) is 2.50. The standard InChI is InChI=1S/C15H17NO2/c1-9(2)14-16-13(15(17)18-14)8-12-7-10(3)5-6-11(12)4/h5-9H,1-4H3/b13-8+. The van der Waals surface area contributed by atoms with Gasteiger partial charge in [0.2, 0.25) is 5.90 Å². The van der Waals surface area contributed by atoms with E-state index in [9.17, 15) is 4.79 Å². The second kappa shape index (κ2) is 4.77. The van der Waals surface area contributed by atoms with Crippen molar-refractivity contribution in [3.05, 3.63) is 40.6 Å². The van der Waals surface area contributed by atoms with Gasteiger partial charge in [-0.3, -0.25) is 0 Å². The summed E-state index contributed by atoms with van der Waals surface area (Å²) in [5, 5.41) is 0. The molecule has 0 amide bonds. The van der Waals surface area contributed by atoms with Crippen LogP contribution in [0.3, 0.4) is 0 Å². The maximum Gasteiger partial charge on any atom is 0.363 e. The Morgan fingerprint density at radius 1 is 1.28 bits per heavy atom. The molecule has 1 aliphatic rings. The van der Waals surface area contributed by atoms with E-state index in [0.717, 1.165) is 16.7 Å². The number of esters is 1. The molecule has 0 N–H and O–H groups in total. The summed E-state index contributed by atoms with van der Waals surface area (Å²) in [5.41, 5.74) is 3.67. The molecule has 0 bridgehead atoms. The van der Waals surface area contributed by atoms with Gasteiger partial charge in [0.05, 0.1) is 0 Å². The zero-order valence-electron chi connectivity index (χ0n) is 11.2. The minimum Gasteiger partial charge on any atom is -0.407 e. The Labute approximate surface area is 107 Å². The van der Waals surface area contributed by atoms with Crippen LogP contribution in [0.4, 0.5) is 0 Å². The third-order valence-corrected chi connectivity index (χ3v) is 2.86. The van der Waals surface area contributed by atoms with E-state index in [1.165, 1.54) is 0 Å². The predicted octanol–water partition coefficient (Wildman–Crippen LogP) is 3.26. The van der Waals surface area contributed by atoms with Gasteiger partial charge in [-0.15, -0.1) is 0 Å². The molecule has 0 aliphatic carbocycles. The van der Waals surface area contributed by atoms with E-state index < -0.39 is 0 Å². The van der Waals surface area contributed by atoms with E-state index in [-0.39, 0.29) is 11.9 Å². The van der Waals surface area contributed by atoms with Crippen LogP contribution < -0.4 is 0 Å². The minimum atomic E-state index is -0.361. The average Bonchev–Trinajstić information content (AvgIpc) is 2.66. The highest BCUT2D eigenvalue weighted by Gasteiger charge is 2.24. The summed E-state index contributed by atoms with van der Waals surface area (Å²) >= 11 is 0. The number of aryl methyl sites for hydroxylation is 2. The number of carbonyl (C=O) groups excluding carboxylic acids is 1. The highest BCUT2D eigenvalue weighted by atomic mass is 16.6. The highest BCUT2D eigenvalue weighted by Crippen LogP contribution is 2.20. The van der Waals surface area contributed by atoms with Crippen LogP contribution in [0.25, 0.3) is 6.08 Å². The molecule has 1 aromatic rings. The SMILES string of the molecule is Cc1ccc(C)c(/C=C2/N=C(C(C)C)OC2=O)c1. The van der Waals surface area contributed by atoms with Crippen molar-refractivity contribution < 1.29 is 9.53 Å². The van der Waals surface area contributed by atoms with Crippen molar-refractivity contribution in [2.24, 2.45) is 10.9 Å². The van der Waals surface area contributed by atoms with E-state index in [4.69, 9.17) is 4.74 Å². The Balaban J connectivity index is 2.39. The summed E-state index contributed by atoms with van der Waals surface area (Å²) < 4.78 is 5.12. The maximum absolute atomic E-state index is 11.7. The lowest BCUT2D eigenvalue weighted by Crippen LogP contribution is -2.09. The van der Waals surface area contributed by atoms with Gasteiger partial charge < -0.3 is 4.74 Å². The molecule has 1 aliphatic heterocycles. The fourth-order valence-corrected chi connectivity index (χ4v) is 1.74. The topological polar surface area (TPSA) is 38.7 Å². The zero-order chi connectivity index (χ0) is 13.3. The quantitative estimate of drug-likeness (QED) is 0.590. The first-order chi connectivity index (χ1) is 8.47. The molecule has 0 unspecified atom stereocenters. The van der Waals surface area contributed by atoms with Gasteiger partial charge in [-0.25, -0.2) is 9.79 Å². The monoisotopic (exact) mass is 243 g/mol. The zero-order valence-corrected chi connectivity index (χ0v) is 11.2. The normalized spacial score (nSPS) is 17.3. The predicted molar refractivity (Wildman–Crippen MR) is 72.3 cm³/mol. The van der Waals surface area contributed by atoms with Gasteiger partial charge in [0.1, 0.15) is 0 Å².